The molecule has 1 amide bonds. The van der Waals surface area contributed by atoms with Gasteiger partial charge in [-0.1, -0.05) is 0 Å². The van der Waals surface area contributed by atoms with Gasteiger partial charge in [0.05, 0.1) is 13.0 Å². The third-order valence-electron chi connectivity index (χ3n) is 1.73. The summed E-state index contributed by atoms with van der Waals surface area (Å²) in [7, 11) is 0. The molecule has 0 saturated heterocycles. The van der Waals surface area contributed by atoms with Gasteiger partial charge in [0, 0.05) is 11.9 Å². The smallest absolute Gasteiger partial charge is 0.328 e. The van der Waals surface area contributed by atoms with Crippen molar-refractivity contribution in [1.82, 2.24) is 15.5 Å². The highest BCUT2D eigenvalue weighted by Crippen LogP contribution is 1.93. The van der Waals surface area contributed by atoms with Gasteiger partial charge in [-0.25, -0.2) is 4.79 Å². The monoisotopic (exact) mass is 213 g/mol. The second-order valence-electron chi connectivity index (χ2n) is 2.90. The van der Waals surface area contributed by atoms with Gasteiger partial charge in [0.25, 0.3) is 0 Å². The van der Waals surface area contributed by atoms with E-state index in [1.807, 2.05) is 0 Å². The molecule has 0 radical (unpaired) electrons. The van der Waals surface area contributed by atoms with Crippen LogP contribution in [0.25, 0.3) is 0 Å². The van der Waals surface area contributed by atoms with E-state index in [4.69, 9.17) is 10.2 Å². The second kappa shape index (κ2) is 5.11. The number of aliphatic hydroxyl groups is 1. The summed E-state index contributed by atoms with van der Waals surface area (Å²) < 4.78 is 0. The maximum absolute atomic E-state index is 11.3. The fourth-order valence-corrected chi connectivity index (χ4v) is 0.987. The van der Waals surface area contributed by atoms with Crippen LogP contribution in [0, 0.1) is 0 Å². The number of H-pyrrole nitrogens is 1. The number of amides is 1. The van der Waals surface area contributed by atoms with Crippen LogP contribution in [-0.4, -0.2) is 44.9 Å². The van der Waals surface area contributed by atoms with Crippen molar-refractivity contribution in [3.05, 3.63) is 18.0 Å². The number of nitrogens with one attached hydrogen (secondary N) is 2. The third-order valence-corrected chi connectivity index (χ3v) is 1.73. The summed E-state index contributed by atoms with van der Waals surface area (Å²) in [6.07, 6.45) is 1.49. The Balaban J connectivity index is 2.45. The molecular formula is C8H11N3O4. The van der Waals surface area contributed by atoms with Crippen molar-refractivity contribution in [2.45, 2.75) is 12.5 Å². The van der Waals surface area contributed by atoms with Gasteiger partial charge in [-0.05, 0) is 6.07 Å². The lowest BCUT2D eigenvalue weighted by Gasteiger charge is -2.10. The van der Waals surface area contributed by atoms with Crippen molar-refractivity contribution >= 4 is 11.9 Å². The fourth-order valence-electron chi connectivity index (χ4n) is 0.987. The molecule has 0 aliphatic heterocycles. The van der Waals surface area contributed by atoms with E-state index >= 15 is 0 Å². The molecule has 0 bridgehead atoms. The minimum Gasteiger partial charge on any atom is -0.480 e. The van der Waals surface area contributed by atoms with Gasteiger partial charge in [0.1, 0.15) is 6.04 Å². The van der Waals surface area contributed by atoms with E-state index in [0.717, 1.165) is 0 Å². The lowest BCUT2D eigenvalue weighted by molar-refractivity contribution is -0.142. The molecule has 15 heavy (non-hydrogen) atoms. The molecule has 7 nitrogen and oxygen atoms in total. The maximum atomic E-state index is 11.3. The lowest BCUT2D eigenvalue weighted by atomic mass is 10.2. The molecule has 4 N–H and O–H groups in total. The summed E-state index contributed by atoms with van der Waals surface area (Å²) in [5.74, 6) is -1.75. The lowest BCUT2D eigenvalue weighted by Crippen LogP contribution is -2.43. The van der Waals surface area contributed by atoms with E-state index < -0.39 is 24.5 Å². The van der Waals surface area contributed by atoms with Crippen molar-refractivity contribution in [1.29, 1.82) is 0 Å². The van der Waals surface area contributed by atoms with Gasteiger partial charge in [0.15, 0.2) is 0 Å². The van der Waals surface area contributed by atoms with E-state index in [-0.39, 0.29) is 6.42 Å². The minimum absolute atomic E-state index is 0.00375. The van der Waals surface area contributed by atoms with E-state index in [2.05, 4.69) is 15.5 Å². The van der Waals surface area contributed by atoms with Crippen LogP contribution in [0.15, 0.2) is 12.3 Å². The molecule has 1 aromatic rings. The summed E-state index contributed by atoms with van der Waals surface area (Å²) in [6, 6.07) is 0.342. The van der Waals surface area contributed by atoms with E-state index in [9.17, 15) is 9.59 Å². The average molecular weight is 213 g/mol. The van der Waals surface area contributed by atoms with Gasteiger partial charge >= 0.3 is 5.97 Å². The van der Waals surface area contributed by atoms with Crippen molar-refractivity contribution in [3.63, 3.8) is 0 Å². The molecule has 1 atom stereocenters. The Morgan fingerprint density at radius 2 is 2.33 bits per heavy atom. The number of aromatic amines is 1. The number of carbonyl (C=O) groups excluding carboxylic acids is 1. The molecule has 1 aromatic heterocycles. The highest BCUT2D eigenvalue weighted by molar-refractivity contribution is 5.84. The number of carboxylic acid groups (broad SMARTS) is 1. The molecule has 0 aromatic carbocycles. The molecule has 1 rings (SSSR count). The average Bonchev–Trinajstić information content (AvgIpc) is 2.66. The van der Waals surface area contributed by atoms with E-state index in [1.54, 1.807) is 6.07 Å². The van der Waals surface area contributed by atoms with Gasteiger partial charge < -0.3 is 15.5 Å². The molecule has 0 saturated carbocycles. The van der Waals surface area contributed by atoms with Crippen molar-refractivity contribution in [2.75, 3.05) is 6.61 Å². The van der Waals surface area contributed by atoms with Gasteiger partial charge in [-0.3, -0.25) is 9.89 Å². The number of aliphatic carboxylic acids is 1. The van der Waals surface area contributed by atoms with Crippen LogP contribution in [-0.2, 0) is 16.0 Å². The highest BCUT2D eigenvalue weighted by atomic mass is 16.4. The van der Waals surface area contributed by atoms with Gasteiger partial charge in [-0.15, -0.1) is 0 Å². The second-order valence-corrected chi connectivity index (χ2v) is 2.90. The molecule has 0 aliphatic rings. The van der Waals surface area contributed by atoms with Crippen molar-refractivity contribution < 1.29 is 19.8 Å². The first kappa shape index (κ1) is 11.2. The molecule has 0 fully saturated rings. The number of carboxylic acids is 1. The zero-order valence-corrected chi connectivity index (χ0v) is 7.80. The molecule has 1 unspecified atom stereocenters. The predicted molar refractivity (Wildman–Crippen MR) is 48.9 cm³/mol. The largest absolute Gasteiger partial charge is 0.480 e. The number of carbonyl (C=O) groups is 2. The topological polar surface area (TPSA) is 115 Å². The Morgan fingerprint density at radius 1 is 1.60 bits per heavy atom. The Bertz CT molecular complexity index is 336. The summed E-state index contributed by atoms with van der Waals surface area (Å²) in [5, 5.41) is 25.6. The van der Waals surface area contributed by atoms with E-state index in [0.29, 0.717) is 5.69 Å². The van der Waals surface area contributed by atoms with Gasteiger partial charge in [0.2, 0.25) is 5.91 Å². The number of aromatic nitrogens is 2. The first-order valence-corrected chi connectivity index (χ1v) is 4.24. The van der Waals surface area contributed by atoms with Crippen LogP contribution >= 0.6 is 0 Å². The van der Waals surface area contributed by atoms with Crippen LogP contribution in [0.4, 0.5) is 0 Å². The Hall–Kier alpha value is -1.89. The molecule has 82 valence electrons. The number of nitrogens with zero attached hydrogens (tertiary/aromatic N) is 1. The van der Waals surface area contributed by atoms with Crippen LogP contribution in [0.5, 0.6) is 0 Å². The first-order chi connectivity index (χ1) is 7.13. The molecule has 0 aliphatic carbocycles. The maximum Gasteiger partial charge on any atom is 0.328 e. The normalized spacial score (nSPS) is 12.1. The van der Waals surface area contributed by atoms with Crippen LogP contribution < -0.4 is 5.32 Å². The van der Waals surface area contributed by atoms with E-state index in [1.165, 1.54) is 6.20 Å². The van der Waals surface area contributed by atoms with Gasteiger partial charge in [-0.2, -0.15) is 5.10 Å². The summed E-state index contributed by atoms with van der Waals surface area (Å²) in [4.78, 5) is 21.7. The van der Waals surface area contributed by atoms with Crippen LogP contribution in [0.2, 0.25) is 0 Å². The highest BCUT2D eigenvalue weighted by Gasteiger charge is 2.18. The Morgan fingerprint density at radius 3 is 2.80 bits per heavy atom. The summed E-state index contributed by atoms with van der Waals surface area (Å²) >= 11 is 0. The standard InChI is InChI=1S/C8H11N3O4/c12-4-6(8(14)15)10-7(13)3-5-1-2-9-11-5/h1-2,6,12H,3-4H2,(H,9,11)(H,10,13)(H,14,15). The molecule has 0 spiro atoms. The summed E-state index contributed by atoms with van der Waals surface area (Å²) in [5.41, 5.74) is 0.578. The molecule has 7 heteroatoms. The Labute approximate surface area is 85.1 Å². The SMILES string of the molecule is O=C(Cc1ccn[nH]1)NC(CO)C(=O)O. The quantitative estimate of drug-likeness (QED) is 0.476. The van der Waals surface area contributed by atoms with Crippen molar-refractivity contribution in [2.24, 2.45) is 0 Å². The Kier molecular flexibility index (Phi) is 3.81. The zero-order chi connectivity index (χ0) is 11.3. The number of hydrogen-bond donors (Lipinski definition) is 4. The zero-order valence-electron chi connectivity index (χ0n) is 7.80. The predicted octanol–water partition coefficient (Wildman–Crippen LogP) is -1.49. The number of hydrogen-bond acceptors (Lipinski definition) is 4. The molecular weight excluding hydrogens is 202 g/mol. The summed E-state index contributed by atoms with van der Waals surface area (Å²) in [6.45, 7) is -0.635. The molecule has 1 heterocycles. The fraction of sp³-hybridized carbons (Fsp3) is 0.375. The number of rotatable bonds is 5. The van der Waals surface area contributed by atoms with Crippen molar-refractivity contribution in [3.8, 4) is 0 Å². The van der Waals surface area contributed by atoms with Crippen LogP contribution in [0.1, 0.15) is 5.69 Å². The third kappa shape index (κ3) is 3.39. The number of aliphatic hydroxyl groups excluding tert-OH is 1. The first-order valence-electron chi connectivity index (χ1n) is 4.24. The minimum atomic E-state index is -1.27. The van der Waals surface area contributed by atoms with Crippen LogP contribution in [0.3, 0.4) is 0 Å².